The monoisotopic (exact) mass is 279 g/mol. The van der Waals surface area contributed by atoms with Gasteiger partial charge in [-0.2, -0.15) is 5.26 Å². The Balaban J connectivity index is 1.96. The second kappa shape index (κ2) is 6.89. The number of hydrogen-bond donors (Lipinski definition) is 1. The molecule has 1 saturated heterocycles. The molecule has 4 unspecified atom stereocenters. The van der Waals surface area contributed by atoms with Gasteiger partial charge in [-0.25, -0.2) is 0 Å². The van der Waals surface area contributed by atoms with E-state index in [1.165, 1.54) is 19.3 Å². The molecule has 0 aromatic heterocycles. The molecular formula is C16H29N3O. The van der Waals surface area contributed by atoms with Crippen molar-refractivity contribution in [1.82, 2.24) is 10.2 Å². The topological polar surface area (TPSA) is 48.3 Å². The van der Waals surface area contributed by atoms with Gasteiger partial charge in [-0.15, -0.1) is 0 Å². The maximum Gasteiger partial charge on any atom is 0.105 e. The lowest BCUT2D eigenvalue weighted by molar-refractivity contribution is -0.0720. The third-order valence-corrected chi connectivity index (χ3v) is 4.81. The van der Waals surface area contributed by atoms with E-state index in [0.29, 0.717) is 18.2 Å². The predicted octanol–water partition coefficient (Wildman–Crippen LogP) is 2.30. The minimum Gasteiger partial charge on any atom is -0.375 e. The van der Waals surface area contributed by atoms with Gasteiger partial charge in [-0.3, -0.25) is 10.2 Å². The van der Waals surface area contributed by atoms with Gasteiger partial charge in [0.25, 0.3) is 0 Å². The number of ether oxygens (including phenoxy) is 1. The molecule has 114 valence electrons. The Morgan fingerprint density at radius 1 is 1.50 bits per heavy atom. The van der Waals surface area contributed by atoms with Crippen molar-refractivity contribution in [3.8, 4) is 6.07 Å². The average Bonchev–Trinajstić information content (AvgIpc) is 2.93. The van der Waals surface area contributed by atoms with Gasteiger partial charge in [-0.05, 0) is 52.5 Å². The van der Waals surface area contributed by atoms with Crippen molar-refractivity contribution in [2.75, 3.05) is 19.7 Å². The number of nitrogens with one attached hydrogen (secondary N) is 1. The fourth-order valence-electron chi connectivity index (χ4n) is 3.77. The Bertz CT molecular complexity index is 354. The third kappa shape index (κ3) is 3.52. The molecule has 0 amide bonds. The molecule has 20 heavy (non-hydrogen) atoms. The Morgan fingerprint density at radius 2 is 2.30 bits per heavy atom. The molecule has 0 bridgehead atoms. The fraction of sp³-hybridized carbons (Fsp3) is 0.938. The third-order valence-electron chi connectivity index (χ3n) is 4.81. The van der Waals surface area contributed by atoms with Gasteiger partial charge in [0, 0.05) is 18.6 Å². The molecular weight excluding hydrogens is 250 g/mol. The fourth-order valence-corrected chi connectivity index (χ4v) is 3.77. The van der Waals surface area contributed by atoms with Crippen LogP contribution in [0.1, 0.15) is 52.9 Å². The molecule has 1 heterocycles. The molecule has 4 heteroatoms. The van der Waals surface area contributed by atoms with Crippen LogP contribution >= 0.6 is 0 Å². The van der Waals surface area contributed by atoms with Crippen LogP contribution in [0.4, 0.5) is 0 Å². The molecule has 0 spiro atoms. The van der Waals surface area contributed by atoms with Crippen molar-refractivity contribution in [2.45, 2.75) is 76.6 Å². The van der Waals surface area contributed by atoms with Crippen LogP contribution in [0.3, 0.4) is 0 Å². The molecule has 4 nitrogen and oxygen atoms in total. The Kier molecular flexibility index (Phi) is 5.42. The van der Waals surface area contributed by atoms with Gasteiger partial charge in [0.05, 0.1) is 18.8 Å². The minimum absolute atomic E-state index is 0.415. The van der Waals surface area contributed by atoms with E-state index in [0.717, 1.165) is 32.5 Å². The minimum atomic E-state index is -0.415. The van der Waals surface area contributed by atoms with Gasteiger partial charge in [0.2, 0.25) is 0 Å². The molecule has 0 aromatic carbocycles. The lowest BCUT2D eigenvalue weighted by Gasteiger charge is -2.43. The summed E-state index contributed by atoms with van der Waals surface area (Å²) in [7, 11) is 0. The summed E-state index contributed by atoms with van der Waals surface area (Å²) in [6.07, 6.45) is 6.11. The van der Waals surface area contributed by atoms with Gasteiger partial charge in [-0.1, -0.05) is 6.92 Å². The van der Waals surface area contributed by atoms with Crippen LogP contribution in [0.15, 0.2) is 0 Å². The highest BCUT2D eigenvalue weighted by molar-refractivity contribution is 5.06. The molecule has 2 rings (SSSR count). The van der Waals surface area contributed by atoms with E-state index in [9.17, 15) is 5.26 Å². The van der Waals surface area contributed by atoms with Crippen LogP contribution in [-0.4, -0.2) is 48.3 Å². The molecule has 1 aliphatic heterocycles. The van der Waals surface area contributed by atoms with Crippen molar-refractivity contribution in [3.05, 3.63) is 0 Å². The summed E-state index contributed by atoms with van der Waals surface area (Å²) in [5.74, 6) is 0. The highest BCUT2D eigenvalue weighted by Crippen LogP contribution is 2.32. The number of nitriles is 1. The summed E-state index contributed by atoms with van der Waals surface area (Å²) in [5, 5.41) is 12.9. The van der Waals surface area contributed by atoms with Crippen LogP contribution in [0.2, 0.25) is 0 Å². The highest BCUT2D eigenvalue weighted by atomic mass is 16.5. The second-order valence-corrected chi connectivity index (χ2v) is 6.57. The standard InChI is InChI=1S/C16H29N3O/c1-4-8-18-16(3,12-17)11-13(2)19-9-10-20-15-7-5-6-14(15)19/h13-15,18H,4-11H2,1-3H3. The van der Waals surface area contributed by atoms with Gasteiger partial charge < -0.3 is 4.74 Å². The van der Waals surface area contributed by atoms with E-state index in [-0.39, 0.29) is 0 Å². The van der Waals surface area contributed by atoms with Gasteiger partial charge >= 0.3 is 0 Å². The number of rotatable bonds is 6. The Morgan fingerprint density at radius 3 is 3.00 bits per heavy atom. The molecule has 1 saturated carbocycles. The molecule has 0 aromatic rings. The number of fused-ring (bicyclic) bond motifs is 1. The normalized spacial score (nSPS) is 31.3. The van der Waals surface area contributed by atoms with E-state index in [4.69, 9.17) is 4.74 Å². The van der Waals surface area contributed by atoms with Gasteiger partial charge in [0.1, 0.15) is 5.54 Å². The smallest absolute Gasteiger partial charge is 0.105 e. The number of morpholine rings is 1. The first-order valence-electron chi connectivity index (χ1n) is 8.13. The van der Waals surface area contributed by atoms with E-state index in [2.05, 4.69) is 30.1 Å². The van der Waals surface area contributed by atoms with Crippen molar-refractivity contribution < 1.29 is 4.74 Å². The lowest BCUT2D eigenvalue weighted by atomic mass is 9.92. The van der Waals surface area contributed by atoms with Crippen LogP contribution in [0.25, 0.3) is 0 Å². The molecule has 2 aliphatic rings. The molecule has 0 radical (unpaired) electrons. The Labute approximate surface area is 123 Å². The zero-order valence-corrected chi connectivity index (χ0v) is 13.2. The lowest BCUT2D eigenvalue weighted by Crippen LogP contribution is -2.55. The molecule has 4 atom stereocenters. The summed E-state index contributed by atoms with van der Waals surface area (Å²) in [6, 6.07) is 3.48. The van der Waals surface area contributed by atoms with E-state index in [1.807, 2.05) is 6.92 Å². The maximum absolute atomic E-state index is 9.49. The van der Waals surface area contributed by atoms with Crippen molar-refractivity contribution in [3.63, 3.8) is 0 Å². The molecule has 1 N–H and O–H groups in total. The first-order chi connectivity index (χ1) is 9.59. The highest BCUT2D eigenvalue weighted by Gasteiger charge is 2.39. The van der Waals surface area contributed by atoms with E-state index < -0.39 is 5.54 Å². The van der Waals surface area contributed by atoms with Crippen molar-refractivity contribution in [1.29, 1.82) is 5.26 Å². The SMILES string of the molecule is CCCNC(C)(C#N)CC(C)N1CCOC2CCCC21. The molecule has 2 fully saturated rings. The summed E-state index contributed by atoms with van der Waals surface area (Å²) in [4.78, 5) is 2.59. The molecule has 1 aliphatic carbocycles. The second-order valence-electron chi connectivity index (χ2n) is 6.57. The average molecular weight is 279 g/mol. The quantitative estimate of drug-likeness (QED) is 0.810. The van der Waals surface area contributed by atoms with E-state index in [1.54, 1.807) is 0 Å². The van der Waals surface area contributed by atoms with Crippen LogP contribution in [0, 0.1) is 11.3 Å². The van der Waals surface area contributed by atoms with Crippen LogP contribution < -0.4 is 5.32 Å². The van der Waals surface area contributed by atoms with Gasteiger partial charge in [0.15, 0.2) is 0 Å². The van der Waals surface area contributed by atoms with Crippen LogP contribution in [0.5, 0.6) is 0 Å². The summed E-state index contributed by atoms with van der Waals surface area (Å²) in [6.45, 7) is 9.20. The largest absolute Gasteiger partial charge is 0.375 e. The van der Waals surface area contributed by atoms with Crippen LogP contribution in [-0.2, 0) is 4.74 Å². The zero-order chi connectivity index (χ0) is 14.6. The summed E-state index contributed by atoms with van der Waals surface area (Å²) < 4.78 is 5.88. The summed E-state index contributed by atoms with van der Waals surface area (Å²) in [5.41, 5.74) is -0.415. The number of hydrogen-bond acceptors (Lipinski definition) is 4. The van der Waals surface area contributed by atoms with Crippen molar-refractivity contribution >= 4 is 0 Å². The predicted molar refractivity (Wildman–Crippen MR) is 80.5 cm³/mol. The zero-order valence-electron chi connectivity index (χ0n) is 13.2. The first kappa shape index (κ1) is 15.8. The van der Waals surface area contributed by atoms with Crippen molar-refractivity contribution in [2.24, 2.45) is 0 Å². The summed E-state index contributed by atoms with van der Waals surface area (Å²) >= 11 is 0. The Hall–Kier alpha value is -0.630. The first-order valence-corrected chi connectivity index (χ1v) is 8.13. The number of nitrogens with zero attached hydrogens (tertiary/aromatic N) is 2. The van der Waals surface area contributed by atoms with E-state index >= 15 is 0 Å². The maximum atomic E-state index is 9.49.